The number of halogens is 1. The highest BCUT2D eigenvalue weighted by Gasteiger charge is 2.32. The molecule has 0 radical (unpaired) electrons. The van der Waals surface area contributed by atoms with Crippen LogP contribution in [0.25, 0.3) is 0 Å². The van der Waals surface area contributed by atoms with Crippen LogP contribution in [0.1, 0.15) is 28.2 Å². The smallest absolute Gasteiger partial charge is 0.256 e. The summed E-state index contributed by atoms with van der Waals surface area (Å²) in [4.78, 5) is 14.3. The average molecular weight is 394 g/mol. The van der Waals surface area contributed by atoms with Gasteiger partial charge in [0.05, 0.1) is 17.0 Å². The van der Waals surface area contributed by atoms with Crippen LogP contribution in [-0.4, -0.2) is 59.5 Å². The van der Waals surface area contributed by atoms with Crippen molar-refractivity contribution in [2.75, 3.05) is 26.2 Å². The van der Waals surface area contributed by atoms with Crippen molar-refractivity contribution in [1.82, 2.24) is 19.0 Å². The fourth-order valence-electron chi connectivity index (χ4n) is 3.40. The van der Waals surface area contributed by atoms with Crippen molar-refractivity contribution in [2.24, 2.45) is 7.05 Å². The molecule has 1 aromatic heterocycles. The molecular weight excluding hydrogens is 371 g/mol. The molecule has 9 heteroatoms. The maximum atomic E-state index is 13.9. The Morgan fingerprint density at radius 3 is 2.44 bits per heavy atom. The van der Waals surface area contributed by atoms with Gasteiger partial charge < -0.3 is 4.90 Å². The van der Waals surface area contributed by atoms with E-state index in [9.17, 15) is 17.6 Å². The summed E-state index contributed by atoms with van der Waals surface area (Å²) in [6.45, 7) is 4.45. The number of carbonyl (C=O) groups excluding carboxylic acids is 1. The van der Waals surface area contributed by atoms with Crippen LogP contribution in [0.3, 0.4) is 0 Å². The molecule has 2 heterocycles. The minimum absolute atomic E-state index is 0.00718. The minimum atomic E-state index is -3.71. The van der Waals surface area contributed by atoms with Gasteiger partial charge in [-0.05, 0) is 32.4 Å². The van der Waals surface area contributed by atoms with Gasteiger partial charge in [-0.3, -0.25) is 9.48 Å². The summed E-state index contributed by atoms with van der Waals surface area (Å²) in [5.41, 5.74) is 1.04. The first kappa shape index (κ1) is 19.5. The first-order valence-electron chi connectivity index (χ1n) is 8.77. The highest BCUT2D eigenvalue weighted by Crippen LogP contribution is 2.24. The maximum absolute atomic E-state index is 13.9. The van der Waals surface area contributed by atoms with Crippen LogP contribution in [0.5, 0.6) is 0 Å². The number of amides is 1. The molecule has 0 unspecified atom stereocenters. The third-order valence-corrected chi connectivity index (χ3v) is 7.04. The van der Waals surface area contributed by atoms with Crippen molar-refractivity contribution in [3.8, 4) is 0 Å². The van der Waals surface area contributed by atoms with Crippen LogP contribution >= 0.6 is 0 Å². The van der Waals surface area contributed by atoms with E-state index in [1.54, 1.807) is 31.6 Å². The van der Waals surface area contributed by atoms with Crippen LogP contribution in [0.15, 0.2) is 29.2 Å². The number of aromatic nitrogens is 2. The van der Waals surface area contributed by atoms with Crippen molar-refractivity contribution < 1.29 is 17.6 Å². The third kappa shape index (κ3) is 3.61. The predicted octanol–water partition coefficient (Wildman–Crippen LogP) is 1.71. The number of benzene rings is 1. The zero-order chi connectivity index (χ0) is 19.8. The summed E-state index contributed by atoms with van der Waals surface area (Å²) in [6, 6.07) is 5.83. The molecule has 146 valence electrons. The summed E-state index contributed by atoms with van der Waals surface area (Å²) in [7, 11) is -2.00. The Morgan fingerprint density at radius 1 is 1.11 bits per heavy atom. The molecule has 1 saturated heterocycles. The van der Waals surface area contributed by atoms with E-state index < -0.39 is 21.7 Å². The van der Waals surface area contributed by atoms with Crippen molar-refractivity contribution in [2.45, 2.75) is 25.2 Å². The number of rotatable bonds is 3. The lowest BCUT2D eigenvalue weighted by molar-refractivity contribution is 0.0759. The van der Waals surface area contributed by atoms with Gasteiger partial charge in [0.1, 0.15) is 10.7 Å². The fraction of sp³-hybridized carbons (Fsp3) is 0.444. The zero-order valence-electron chi connectivity index (χ0n) is 15.6. The number of nitrogens with zero attached hydrogens (tertiary/aromatic N) is 4. The van der Waals surface area contributed by atoms with E-state index in [1.807, 2.05) is 0 Å². The van der Waals surface area contributed by atoms with Crippen LogP contribution in [0.4, 0.5) is 4.39 Å². The topological polar surface area (TPSA) is 75.5 Å². The number of hydrogen-bond donors (Lipinski definition) is 0. The monoisotopic (exact) mass is 394 g/mol. The zero-order valence-corrected chi connectivity index (χ0v) is 16.5. The Bertz CT molecular complexity index is 971. The van der Waals surface area contributed by atoms with E-state index in [0.29, 0.717) is 30.9 Å². The normalized spacial score (nSPS) is 16.4. The molecule has 1 aromatic carbocycles. The van der Waals surface area contributed by atoms with Gasteiger partial charge in [0, 0.05) is 33.2 Å². The summed E-state index contributed by atoms with van der Waals surface area (Å²) >= 11 is 0. The third-order valence-electron chi connectivity index (χ3n) is 4.89. The summed E-state index contributed by atoms with van der Waals surface area (Å²) in [6.07, 6.45) is 0.484. The first-order chi connectivity index (χ1) is 12.7. The predicted molar refractivity (Wildman–Crippen MR) is 98.4 cm³/mol. The van der Waals surface area contributed by atoms with E-state index in [0.717, 1.165) is 0 Å². The van der Waals surface area contributed by atoms with Crippen molar-refractivity contribution in [1.29, 1.82) is 0 Å². The molecule has 0 aliphatic carbocycles. The van der Waals surface area contributed by atoms with Crippen LogP contribution in [0, 0.1) is 19.7 Å². The molecular formula is C18H23FN4O3S. The highest BCUT2D eigenvalue weighted by atomic mass is 32.2. The van der Waals surface area contributed by atoms with Crippen molar-refractivity contribution in [3.63, 3.8) is 0 Å². The number of sulfonamides is 1. The Kier molecular flexibility index (Phi) is 5.34. The van der Waals surface area contributed by atoms with E-state index in [2.05, 4.69) is 5.10 Å². The largest absolute Gasteiger partial charge is 0.337 e. The quantitative estimate of drug-likeness (QED) is 0.794. The maximum Gasteiger partial charge on any atom is 0.256 e. The van der Waals surface area contributed by atoms with Crippen molar-refractivity contribution in [3.05, 3.63) is 47.0 Å². The molecule has 3 rings (SSSR count). The average Bonchev–Trinajstić information content (AvgIpc) is 2.81. The van der Waals surface area contributed by atoms with Crippen LogP contribution in [-0.2, 0) is 17.1 Å². The standard InChI is InChI=1S/C18H23FN4O3S/c1-13-17(14(2)21(3)20-13)27(25,26)23-10-6-9-22(11-12-23)18(24)15-7-4-5-8-16(15)19/h4-5,7-8H,6,9-12H2,1-3H3. The second-order valence-corrected chi connectivity index (χ2v) is 8.53. The number of aryl methyl sites for hydroxylation is 2. The van der Waals surface area contributed by atoms with Crippen molar-refractivity contribution >= 4 is 15.9 Å². The number of hydrogen-bond acceptors (Lipinski definition) is 4. The Hall–Kier alpha value is -2.26. The molecule has 0 bridgehead atoms. The Balaban J connectivity index is 1.80. The minimum Gasteiger partial charge on any atom is -0.337 e. The molecule has 7 nitrogen and oxygen atoms in total. The summed E-state index contributed by atoms with van der Waals surface area (Å²) in [5, 5.41) is 4.19. The molecule has 0 N–H and O–H groups in total. The number of carbonyl (C=O) groups is 1. The molecule has 0 atom stereocenters. The second-order valence-electron chi connectivity index (χ2n) is 6.65. The van der Waals surface area contributed by atoms with Gasteiger partial charge in [0.15, 0.2) is 0 Å². The Morgan fingerprint density at radius 2 is 1.81 bits per heavy atom. The lowest BCUT2D eigenvalue weighted by Gasteiger charge is -2.22. The second kappa shape index (κ2) is 7.40. The molecule has 0 saturated carbocycles. The highest BCUT2D eigenvalue weighted by molar-refractivity contribution is 7.89. The van der Waals surface area contributed by atoms with Gasteiger partial charge in [0.25, 0.3) is 5.91 Å². The van der Waals surface area contributed by atoms with E-state index in [1.165, 1.54) is 27.4 Å². The molecule has 1 amide bonds. The molecule has 27 heavy (non-hydrogen) atoms. The van der Waals surface area contributed by atoms with Gasteiger partial charge in [-0.1, -0.05) is 12.1 Å². The first-order valence-corrected chi connectivity index (χ1v) is 10.2. The molecule has 0 spiro atoms. The molecule has 1 aliphatic rings. The summed E-state index contributed by atoms with van der Waals surface area (Å²) in [5.74, 6) is -0.987. The lowest BCUT2D eigenvalue weighted by atomic mass is 10.2. The van der Waals surface area contributed by atoms with E-state index in [4.69, 9.17) is 0 Å². The van der Waals surface area contributed by atoms with Gasteiger partial charge in [0.2, 0.25) is 10.0 Å². The van der Waals surface area contributed by atoms with Gasteiger partial charge in [-0.2, -0.15) is 9.40 Å². The SMILES string of the molecule is Cc1nn(C)c(C)c1S(=O)(=O)N1CCCN(C(=O)c2ccccc2F)CC1. The fourth-order valence-corrected chi connectivity index (χ4v) is 5.27. The molecule has 1 aliphatic heterocycles. The van der Waals surface area contributed by atoms with Gasteiger partial charge in [-0.25, -0.2) is 12.8 Å². The molecule has 1 fully saturated rings. The van der Waals surface area contributed by atoms with Gasteiger partial charge in [-0.15, -0.1) is 0 Å². The molecule has 2 aromatic rings. The van der Waals surface area contributed by atoms with E-state index >= 15 is 0 Å². The van der Waals surface area contributed by atoms with Crippen LogP contribution in [0.2, 0.25) is 0 Å². The van der Waals surface area contributed by atoms with Gasteiger partial charge >= 0.3 is 0 Å². The van der Waals surface area contributed by atoms with Crippen LogP contribution < -0.4 is 0 Å². The Labute approximate surface area is 158 Å². The van der Waals surface area contributed by atoms with E-state index in [-0.39, 0.29) is 23.5 Å². The summed E-state index contributed by atoms with van der Waals surface area (Å²) < 4.78 is 43.1. The lowest BCUT2D eigenvalue weighted by Crippen LogP contribution is -2.37.